The van der Waals surface area contributed by atoms with Gasteiger partial charge in [-0.2, -0.15) is 0 Å². The predicted molar refractivity (Wildman–Crippen MR) is 297 cm³/mol. The summed E-state index contributed by atoms with van der Waals surface area (Å²) in [6.07, 6.45) is 75.3. The molecule has 69 heavy (non-hydrogen) atoms. The minimum Gasteiger partial charge on any atom is -0.462 e. The average Bonchev–Trinajstić information content (AvgIpc) is 3.35. The summed E-state index contributed by atoms with van der Waals surface area (Å²) in [5, 5.41) is 0. The van der Waals surface area contributed by atoms with Crippen molar-refractivity contribution in [1.29, 1.82) is 0 Å². The number of hydrogen-bond donors (Lipinski definition) is 0. The Kier molecular flexibility index (Phi) is 53.9. The van der Waals surface area contributed by atoms with Gasteiger partial charge in [0.15, 0.2) is 6.10 Å². The van der Waals surface area contributed by atoms with Crippen molar-refractivity contribution in [3.8, 4) is 0 Å². The van der Waals surface area contributed by atoms with Crippen molar-refractivity contribution in [2.75, 3.05) is 13.2 Å². The Morgan fingerprint density at radius 3 is 0.899 bits per heavy atom. The highest BCUT2D eigenvalue weighted by Crippen LogP contribution is 2.15. The largest absolute Gasteiger partial charge is 0.462 e. The molecule has 0 rings (SSSR count). The minimum absolute atomic E-state index is 0.0928. The van der Waals surface area contributed by atoms with Gasteiger partial charge in [-0.15, -0.1) is 0 Å². The molecule has 0 saturated heterocycles. The quantitative estimate of drug-likeness (QED) is 0.0262. The van der Waals surface area contributed by atoms with Crippen LogP contribution in [0.5, 0.6) is 0 Å². The normalized spacial score (nSPS) is 12.8. The SMILES string of the molecule is CC/C=C\C/C=C\C/C=C\C/C=C\CCCCCCCCC(=O)OCC(COC(=O)CCCCCCC/C=C\C/C=C\C/C=C\CC)OC(=O)CCCCCCCCC/C=C\CCCCCCCC. The summed E-state index contributed by atoms with van der Waals surface area (Å²) in [7, 11) is 0. The fraction of sp³-hybridized carbons (Fsp3) is 0.698. The second kappa shape index (κ2) is 56.9. The van der Waals surface area contributed by atoms with Crippen LogP contribution in [0.1, 0.15) is 265 Å². The number of esters is 3. The van der Waals surface area contributed by atoms with Gasteiger partial charge in [0.05, 0.1) is 0 Å². The van der Waals surface area contributed by atoms with Crippen molar-refractivity contribution in [3.05, 3.63) is 97.2 Å². The van der Waals surface area contributed by atoms with E-state index in [9.17, 15) is 14.4 Å². The standard InChI is InChI=1S/C63H106O6/c1-4-7-10-13-16-19-22-25-28-30-31-33-35-38-41-44-47-50-53-56-62(65)68-59-60(58-67-61(64)55-52-49-46-43-40-37-34-27-24-21-18-15-12-9-6-3)69-63(66)57-54-51-48-45-42-39-36-32-29-26-23-20-17-14-11-8-5-2/h7,9-10,12,16,18-19,21,25-29,31,33-34,60H,4-6,8,11,13-15,17,20,22-24,30,32,35-59H2,1-3H3/b10-7-,12-9-,19-16-,21-18-,28-25-,29-26-,33-31-,34-27-. The summed E-state index contributed by atoms with van der Waals surface area (Å²) >= 11 is 0. The number of allylic oxidation sites excluding steroid dienone is 16. The Hall–Kier alpha value is -3.67. The summed E-state index contributed by atoms with van der Waals surface area (Å²) in [5.41, 5.74) is 0. The number of hydrogen-bond acceptors (Lipinski definition) is 6. The lowest BCUT2D eigenvalue weighted by Gasteiger charge is -2.18. The van der Waals surface area contributed by atoms with Gasteiger partial charge in [0, 0.05) is 19.3 Å². The molecule has 1 unspecified atom stereocenters. The molecule has 0 aliphatic carbocycles. The summed E-state index contributed by atoms with van der Waals surface area (Å²) < 4.78 is 16.9. The highest BCUT2D eigenvalue weighted by atomic mass is 16.6. The Morgan fingerprint density at radius 1 is 0.304 bits per heavy atom. The Labute approximate surface area is 426 Å². The van der Waals surface area contributed by atoms with E-state index in [4.69, 9.17) is 14.2 Å². The second-order valence-corrected chi connectivity index (χ2v) is 18.8. The third-order valence-electron chi connectivity index (χ3n) is 12.1. The third kappa shape index (κ3) is 55.1. The fourth-order valence-corrected chi connectivity index (χ4v) is 7.80. The molecule has 0 spiro atoms. The first kappa shape index (κ1) is 65.3. The van der Waals surface area contributed by atoms with Crippen LogP contribution < -0.4 is 0 Å². The van der Waals surface area contributed by atoms with Crippen LogP contribution in [0.15, 0.2) is 97.2 Å². The summed E-state index contributed by atoms with van der Waals surface area (Å²) in [5.74, 6) is -0.923. The zero-order chi connectivity index (χ0) is 50.0. The molecule has 0 fully saturated rings. The minimum atomic E-state index is -0.795. The first-order valence-electron chi connectivity index (χ1n) is 28.7. The molecule has 0 aromatic rings. The molecule has 0 amide bonds. The molecule has 0 aliphatic rings. The van der Waals surface area contributed by atoms with Crippen LogP contribution in [0.25, 0.3) is 0 Å². The van der Waals surface area contributed by atoms with Gasteiger partial charge in [-0.3, -0.25) is 14.4 Å². The van der Waals surface area contributed by atoms with Gasteiger partial charge in [0.25, 0.3) is 0 Å². The van der Waals surface area contributed by atoms with E-state index in [1.165, 1.54) is 89.9 Å². The molecular weight excluding hydrogens is 853 g/mol. The zero-order valence-electron chi connectivity index (χ0n) is 45.0. The van der Waals surface area contributed by atoms with Crippen LogP contribution in [0, 0.1) is 0 Å². The van der Waals surface area contributed by atoms with Crippen LogP contribution in [-0.4, -0.2) is 37.2 Å². The van der Waals surface area contributed by atoms with E-state index in [0.717, 1.165) is 135 Å². The predicted octanol–water partition coefficient (Wildman–Crippen LogP) is 19.3. The zero-order valence-corrected chi connectivity index (χ0v) is 45.0. The van der Waals surface area contributed by atoms with Gasteiger partial charge < -0.3 is 14.2 Å². The summed E-state index contributed by atoms with van der Waals surface area (Å²) in [6, 6.07) is 0. The lowest BCUT2D eigenvalue weighted by molar-refractivity contribution is -0.167. The Bertz CT molecular complexity index is 1380. The molecule has 0 bridgehead atoms. The lowest BCUT2D eigenvalue weighted by Crippen LogP contribution is -2.30. The van der Waals surface area contributed by atoms with E-state index in [2.05, 4.69) is 118 Å². The Morgan fingerprint density at radius 2 is 0.565 bits per heavy atom. The van der Waals surface area contributed by atoms with Crippen LogP contribution >= 0.6 is 0 Å². The summed E-state index contributed by atoms with van der Waals surface area (Å²) in [6.45, 7) is 6.39. The van der Waals surface area contributed by atoms with Crippen LogP contribution in [-0.2, 0) is 28.6 Å². The molecule has 0 heterocycles. The average molecular weight is 960 g/mol. The third-order valence-corrected chi connectivity index (χ3v) is 12.1. The second-order valence-electron chi connectivity index (χ2n) is 18.8. The van der Waals surface area contributed by atoms with Crippen molar-refractivity contribution in [2.24, 2.45) is 0 Å². The van der Waals surface area contributed by atoms with Gasteiger partial charge >= 0.3 is 17.9 Å². The molecular formula is C63H106O6. The molecule has 6 heteroatoms. The van der Waals surface area contributed by atoms with E-state index in [1.807, 2.05) is 0 Å². The van der Waals surface area contributed by atoms with Crippen LogP contribution in [0.2, 0.25) is 0 Å². The molecule has 0 aromatic heterocycles. The van der Waals surface area contributed by atoms with Gasteiger partial charge in [-0.25, -0.2) is 0 Å². The lowest BCUT2D eigenvalue weighted by atomic mass is 10.1. The van der Waals surface area contributed by atoms with E-state index in [0.29, 0.717) is 19.3 Å². The molecule has 0 N–H and O–H groups in total. The molecule has 0 aliphatic heterocycles. The maximum absolute atomic E-state index is 12.9. The maximum Gasteiger partial charge on any atom is 0.306 e. The van der Waals surface area contributed by atoms with E-state index in [1.54, 1.807) is 0 Å². The number of carbonyl (C=O) groups is 3. The molecule has 1 atom stereocenters. The monoisotopic (exact) mass is 959 g/mol. The van der Waals surface area contributed by atoms with E-state index in [-0.39, 0.29) is 31.1 Å². The molecule has 0 saturated carbocycles. The topological polar surface area (TPSA) is 78.9 Å². The summed E-state index contributed by atoms with van der Waals surface area (Å²) in [4.78, 5) is 38.2. The van der Waals surface area contributed by atoms with Gasteiger partial charge in [0.1, 0.15) is 13.2 Å². The van der Waals surface area contributed by atoms with Crippen molar-refractivity contribution >= 4 is 17.9 Å². The highest BCUT2D eigenvalue weighted by Gasteiger charge is 2.19. The highest BCUT2D eigenvalue weighted by molar-refractivity contribution is 5.71. The van der Waals surface area contributed by atoms with Crippen molar-refractivity contribution in [1.82, 2.24) is 0 Å². The van der Waals surface area contributed by atoms with Crippen molar-refractivity contribution in [2.45, 2.75) is 271 Å². The Balaban J connectivity index is 4.44. The number of carbonyl (C=O) groups excluding carboxylic acids is 3. The molecule has 0 aromatic carbocycles. The molecule has 394 valence electrons. The van der Waals surface area contributed by atoms with Crippen LogP contribution in [0.4, 0.5) is 0 Å². The van der Waals surface area contributed by atoms with Gasteiger partial charge in [0.2, 0.25) is 0 Å². The van der Waals surface area contributed by atoms with Crippen LogP contribution in [0.3, 0.4) is 0 Å². The van der Waals surface area contributed by atoms with E-state index >= 15 is 0 Å². The van der Waals surface area contributed by atoms with Crippen molar-refractivity contribution < 1.29 is 28.6 Å². The first-order valence-corrected chi connectivity index (χ1v) is 28.7. The van der Waals surface area contributed by atoms with Gasteiger partial charge in [-0.05, 0) is 116 Å². The van der Waals surface area contributed by atoms with E-state index < -0.39 is 6.10 Å². The molecule has 6 nitrogen and oxygen atoms in total. The number of ether oxygens (including phenoxy) is 3. The number of unbranched alkanes of at least 4 members (excludes halogenated alkanes) is 24. The smallest absolute Gasteiger partial charge is 0.306 e. The van der Waals surface area contributed by atoms with Gasteiger partial charge in [-0.1, -0.05) is 227 Å². The maximum atomic E-state index is 12.9. The number of rotatable bonds is 51. The van der Waals surface area contributed by atoms with Crippen molar-refractivity contribution in [3.63, 3.8) is 0 Å². The first-order chi connectivity index (χ1) is 34.0. The molecule has 0 radical (unpaired) electrons. The fourth-order valence-electron chi connectivity index (χ4n) is 7.80.